The molecule has 0 radical (unpaired) electrons. The average Bonchev–Trinajstić information content (AvgIpc) is 2.59. The van der Waals surface area contributed by atoms with Crippen molar-refractivity contribution in [2.24, 2.45) is 0 Å². The van der Waals surface area contributed by atoms with Crippen LogP contribution in [0.2, 0.25) is 0 Å². The Balaban J connectivity index is 1.84. The van der Waals surface area contributed by atoms with Gasteiger partial charge in [0.1, 0.15) is 5.82 Å². The molecule has 2 aromatic rings. The van der Waals surface area contributed by atoms with E-state index < -0.39 is 11.7 Å². The first-order chi connectivity index (χ1) is 12.3. The highest BCUT2D eigenvalue weighted by Gasteiger charge is 2.29. The van der Waals surface area contributed by atoms with Crippen molar-refractivity contribution in [2.75, 3.05) is 13.1 Å². The average molecular weight is 368 g/mol. The lowest BCUT2D eigenvalue weighted by Crippen LogP contribution is -2.40. The molecule has 0 spiro atoms. The van der Waals surface area contributed by atoms with Crippen molar-refractivity contribution in [2.45, 2.75) is 26.1 Å². The number of carbonyl (C=O) groups is 1. The second kappa shape index (κ2) is 8.69. The first-order valence-corrected chi connectivity index (χ1v) is 8.23. The number of hydrogen-bond acceptors (Lipinski definition) is 1. The van der Waals surface area contributed by atoms with Crippen LogP contribution in [0.1, 0.15) is 23.6 Å². The minimum atomic E-state index is -4.36. The molecule has 0 aliphatic rings. The molecule has 0 saturated heterocycles. The van der Waals surface area contributed by atoms with Crippen molar-refractivity contribution < 1.29 is 22.4 Å². The van der Waals surface area contributed by atoms with E-state index in [9.17, 15) is 22.4 Å². The topological polar surface area (TPSA) is 32.3 Å². The largest absolute Gasteiger partial charge is 0.416 e. The molecule has 3 nitrogen and oxygen atoms in total. The number of rotatable bonds is 6. The molecule has 2 rings (SSSR count). The maximum absolute atomic E-state index is 13.2. The fourth-order valence-electron chi connectivity index (χ4n) is 2.47. The fourth-order valence-corrected chi connectivity index (χ4v) is 2.47. The predicted octanol–water partition coefficient (Wildman–Crippen LogP) is 4.62. The van der Waals surface area contributed by atoms with Crippen LogP contribution in [0, 0.1) is 5.82 Å². The summed E-state index contributed by atoms with van der Waals surface area (Å²) in [5, 5.41) is 2.73. The van der Waals surface area contributed by atoms with Crippen LogP contribution in [0.5, 0.6) is 0 Å². The van der Waals surface area contributed by atoms with E-state index in [2.05, 4.69) is 5.32 Å². The molecule has 0 bridgehead atoms. The summed E-state index contributed by atoms with van der Waals surface area (Å²) in [5.74, 6) is -0.360. The van der Waals surface area contributed by atoms with Gasteiger partial charge in [-0.15, -0.1) is 0 Å². The molecular weight excluding hydrogens is 348 g/mol. The van der Waals surface area contributed by atoms with Crippen LogP contribution in [0.3, 0.4) is 0 Å². The van der Waals surface area contributed by atoms with Crippen LogP contribution < -0.4 is 5.32 Å². The van der Waals surface area contributed by atoms with Crippen LogP contribution in [0.4, 0.5) is 22.4 Å². The SMILES string of the molecule is CCN(Cc1cccc(F)c1)C(=O)NCCc1ccc(C(F)(F)F)cc1. The summed E-state index contributed by atoms with van der Waals surface area (Å²) in [6, 6.07) is 10.6. The number of hydrogen-bond donors (Lipinski definition) is 1. The van der Waals surface area contributed by atoms with Gasteiger partial charge in [-0.05, 0) is 48.7 Å². The van der Waals surface area contributed by atoms with Crippen molar-refractivity contribution in [1.82, 2.24) is 10.2 Å². The van der Waals surface area contributed by atoms with E-state index in [0.29, 0.717) is 30.6 Å². The molecule has 26 heavy (non-hydrogen) atoms. The van der Waals surface area contributed by atoms with Gasteiger partial charge in [-0.2, -0.15) is 13.2 Å². The molecule has 140 valence electrons. The van der Waals surface area contributed by atoms with E-state index in [1.807, 2.05) is 6.92 Å². The van der Waals surface area contributed by atoms with Gasteiger partial charge in [-0.3, -0.25) is 0 Å². The van der Waals surface area contributed by atoms with Gasteiger partial charge in [0, 0.05) is 19.6 Å². The van der Waals surface area contributed by atoms with Gasteiger partial charge in [0.15, 0.2) is 0 Å². The number of halogens is 4. The van der Waals surface area contributed by atoms with E-state index in [1.165, 1.54) is 29.2 Å². The second-order valence-corrected chi connectivity index (χ2v) is 5.82. The summed E-state index contributed by atoms with van der Waals surface area (Å²) in [6.45, 7) is 2.83. The van der Waals surface area contributed by atoms with E-state index in [-0.39, 0.29) is 18.4 Å². The summed E-state index contributed by atoms with van der Waals surface area (Å²) in [7, 11) is 0. The van der Waals surface area contributed by atoms with Crippen LogP contribution >= 0.6 is 0 Å². The number of amides is 2. The van der Waals surface area contributed by atoms with Gasteiger partial charge in [0.25, 0.3) is 0 Å². The number of nitrogens with zero attached hydrogens (tertiary/aromatic N) is 1. The van der Waals surface area contributed by atoms with Crippen LogP contribution in [-0.4, -0.2) is 24.0 Å². The minimum absolute atomic E-state index is 0.278. The first-order valence-electron chi connectivity index (χ1n) is 8.23. The van der Waals surface area contributed by atoms with E-state index in [1.54, 1.807) is 12.1 Å². The Labute approximate surface area is 149 Å². The lowest BCUT2D eigenvalue weighted by atomic mass is 10.1. The van der Waals surface area contributed by atoms with Gasteiger partial charge in [-0.1, -0.05) is 24.3 Å². The molecule has 1 N–H and O–H groups in total. The molecule has 0 aliphatic heterocycles. The highest BCUT2D eigenvalue weighted by Crippen LogP contribution is 2.29. The lowest BCUT2D eigenvalue weighted by molar-refractivity contribution is -0.137. The first kappa shape index (κ1) is 19.8. The van der Waals surface area contributed by atoms with Crippen LogP contribution in [-0.2, 0) is 19.1 Å². The van der Waals surface area contributed by atoms with Crippen molar-refractivity contribution in [3.05, 3.63) is 71.0 Å². The second-order valence-electron chi connectivity index (χ2n) is 5.82. The minimum Gasteiger partial charge on any atom is -0.338 e. The molecule has 0 atom stereocenters. The monoisotopic (exact) mass is 368 g/mol. The van der Waals surface area contributed by atoms with Crippen molar-refractivity contribution in [1.29, 1.82) is 0 Å². The highest BCUT2D eigenvalue weighted by molar-refractivity contribution is 5.74. The third-order valence-electron chi connectivity index (χ3n) is 3.90. The summed E-state index contributed by atoms with van der Waals surface area (Å²) < 4.78 is 50.8. The van der Waals surface area contributed by atoms with E-state index >= 15 is 0 Å². The molecule has 0 heterocycles. The third kappa shape index (κ3) is 5.75. The maximum atomic E-state index is 13.2. The number of alkyl halides is 3. The van der Waals surface area contributed by atoms with Gasteiger partial charge < -0.3 is 10.2 Å². The molecule has 0 unspecified atom stereocenters. The predicted molar refractivity (Wildman–Crippen MR) is 91.0 cm³/mol. The lowest BCUT2D eigenvalue weighted by Gasteiger charge is -2.21. The smallest absolute Gasteiger partial charge is 0.338 e. The quantitative estimate of drug-likeness (QED) is 0.742. The molecule has 2 amide bonds. The summed E-state index contributed by atoms with van der Waals surface area (Å²) in [5.41, 5.74) is 0.689. The molecule has 2 aromatic carbocycles. The third-order valence-corrected chi connectivity index (χ3v) is 3.90. The highest BCUT2D eigenvalue weighted by atomic mass is 19.4. The van der Waals surface area contributed by atoms with Crippen molar-refractivity contribution in [3.8, 4) is 0 Å². The standard InChI is InChI=1S/C19H20F4N2O/c1-2-25(13-15-4-3-5-17(20)12-15)18(26)24-11-10-14-6-8-16(9-7-14)19(21,22)23/h3-9,12H,2,10-11,13H2,1H3,(H,24,26). The van der Waals surface area contributed by atoms with Crippen LogP contribution in [0.25, 0.3) is 0 Å². The Morgan fingerprint density at radius 3 is 2.35 bits per heavy atom. The molecule has 0 fully saturated rings. The molecular formula is C19H20F4N2O. The van der Waals surface area contributed by atoms with Gasteiger partial charge in [0.05, 0.1) is 5.56 Å². The summed E-state index contributed by atoms with van der Waals surface area (Å²) in [4.78, 5) is 13.7. The van der Waals surface area contributed by atoms with Gasteiger partial charge >= 0.3 is 12.2 Å². The Morgan fingerprint density at radius 1 is 1.08 bits per heavy atom. The molecule has 0 aromatic heterocycles. The normalized spacial score (nSPS) is 11.3. The van der Waals surface area contributed by atoms with Gasteiger partial charge in [0.2, 0.25) is 0 Å². The van der Waals surface area contributed by atoms with Crippen molar-refractivity contribution in [3.63, 3.8) is 0 Å². The maximum Gasteiger partial charge on any atom is 0.416 e. The Bertz CT molecular complexity index is 729. The van der Waals surface area contributed by atoms with Gasteiger partial charge in [-0.25, -0.2) is 9.18 Å². The Morgan fingerprint density at radius 2 is 1.77 bits per heavy atom. The Kier molecular flexibility index (Phi) is 6.60. The number of urea groups is 1. The summed E-state index contributed by atoms with van der Waals surface area (Å²) in [6.07, 6.45) is -3.94. The molecule has 7 heteroatoms. The number of carbonyl (C=O) groups excluding carboxylic acids is 1. The number of nitrogens with one attached hydrogen (secondary N) is 1. The summed E-state index contributed by atoms with van der Waals surface area (Å²) >= 11 is 0. The number of benzene rings is 2. The van der Waals surface area contributed by atoms with Crippen molar-refractivity contribution >= 4 is 6.03 Å². The molecule has 0 saturated carbocycles. The Hall–Kier alpha value is -2.57. The van der Waals surface area contributed by atoms with Crippen LogP contribution in [0.15, 0.2) is 48.5 Å². The van der Waals surface area contributed by atoms with E-state index in [4.69, 9.17) is 0 Å². The molecule has 0 aliphatic carbocycles. The van der Waals surface area contributed by atoms with E-state index in [0.717, 1.165) is 12.1 Å². The fraction of sp³-hybridized carbons (Fsp3) is 0.316. The zero-order valence-electron chi connectivity index (χ0n) is 14.3. The zero-order valence-corrected chi connectivity index (χ0v) is 14.3. The zero-order chi connectivity index (χ0) is 19.2.